The minimum Gasteiger partial charge on any atom is -0.341 e. The summed E-state index contributed by atoms with van der Waals surface area (Å²) in [5.41, 5.74) is 1.77. The third-order valence-electron chi connectivity index (χ3n) is 5.65. The number of nitrogens with two attached hydrogens (primary N) is 1. The highest BCUT2D eigenvalue weighted by Gasteiger charge is 2.41. The Hall–Kier alpha value is -2.27. The lowest BCUT2D eigenvalue weighted by atomic mass is 9.95. The standard InChI is InChI=1S/C20H23N3O5S2/c21-29(25,26)17-8-5-9-18(13-17)30(27,28)23-14-16-7-2-1-6-15(16)12-19(23)20(24)22-10-3-4-11-22/h1-2,5-9,13,19H,3-4,10-12,14H2,(H2,21,25,26)/t19-/m1/s1. The third kappa shape index (κ3) is 3.87. The van der Waals surface area contributed by atoms with E-state index in [1.54, 1.807) is 4.90 Å². The zero-order valence-corrected chi connectivity index (χ0v) is 17.9. The minimum absolute atomic E-state index is 0.0440. The molecule has 10 heteroatoms. The molecule has 0 bridgehead atoms. The molecule has 0 unspecified atom stereocenters. The lowest BCUT2D eigenvalue weighted by Gasteiger charge is -2.36. The van der Waals surface area contributed by atoms with Gasteiger partial charge in [-0.3, -0.25) is 4.79 Å². The fourth-order valence-corrected chi connectivity index (χ4v) is 6.30. The Bertz CT molecular complexity index is 1190. The third-order valence-corrected chi connectivity index (χ3v) is 8.41. The van der Waals surface area contributed by atoms with Crippen molar-refractivity contribution in [2.75, 3.05) is 13.1 Å². The number of carbonyl (C=O) groups is 1. The monoisotopic (exact) mass is 449 g/mol. The highest BCUT2D eigenvalue weighted by Crippen LogP contribution is 2.31. The van der Waals surface area contributed by atoms with Crippen LogP contribution in [0.15, 0.2) is 58.3 Å². The van der Waals surface area contributed by atoms with Gasteiger partial charge in [0.15, 0.2) is 0 Å². The number of primary sulfonamides is 1. The van der Waals surface area contributed by atoms with Crippen molar-refractivity contribution in [1.82, 2.24) is 9.21 Å². The van der Waals surface area contributed by atoms with E-state index in [0.29, 0.717) is 13.1 Å². The Morgan fingerprint density at radius 1 is 0.900 bits per heavy atom. The molecule has 0 radical (unpaired) electrons. The lowest BCUT2D eigenvalue weighted by molar-refractivity contribution is -0.134. The van der Waals surface area contributed by atoms with Crippen molar-refractivity contribution in [3.63, 3.8) is 0 Å². The molecular formula is C20H23N3O5S2. The van der Waals surface area contributed by atoms with Crippen LogP contribution in [0.5, 0.6) is 0 Å². The first-order valence-corrected chi connectivity index (χ1v) is 12.7. The highest BCUT2D eigenvalue weighted by atomic mass is 32.2. The van der Waals surface area contributed by atoms with Crippen LogP contribution in [0.2, 0.25) is 0 Å². The van der Waals surface area contributed by atoms with Crippen LogP contribution in [0.1, 0.15) is 24.0 Å². The molecular weight excluding hydrogens is 426 g/mol. The molecule has 160 valence electrons. The number of nitrogens with zero attached hydrogens (tertiary/aromatic N) is 2. The molecule has 1 saturated heterocycles. The molecule has 1 fully saturated rings. The van der Waals surface area contributed by atoms with E-state index >= 15 is 0 Å². The van der Waals surface area contributed by atoms with E-state index in [-0.39, 0.29) is 28.7 Å². The number of fused-ring (bicyclic) bond motifs is 1. The number of benzene rings is 2. The molecule has 30 heavy (non-hydrogen) atoms. The van der Waals surface area contributed by atoms with Crippen molar-refractivity contribution in [1.29, 1.82) is 0 Å². The Balaban J connectivity index is 1.78. The predicted octanol–water partition coefficient (Wildman–Crippen LogP) is 1.07. The Morgan fingerprint density at radius 3 is 2.20 bits per heavy atom. The van der Waals surface area contributed by atoms with Gasteiger partial charge in [-0.15, -0.1) is 0 Å². The second kappa shape index (κ2) is 7.77. The highest BCUT2D eigenvalue weighted by molar-refractivity contribution is 7.90. The second-order valence-corrected chi connectivity index (χ2v) is 11.0. The smallest absolute Gasteiger partial charge is 0.244 e. The molecule has 1 atom stereocenters. The van der Waals surface area contributed by atoms with Crippen LogP contribution in [0.25, 0.3) is 0 Å². The average molecular weight is 450 g/mol. The van der Waals surface area contributed by atoms with Crippen molar-refractivity contribution in [3.05, 3.63) is 59.7 Å². The quantitative estimate of drug-likeness (QED) is 0.749. The minimum atomic E-state index is -4.15. The van der Waals surface area contributed by atoms with E-state index in [2.05, 4.69) is 0 Å². The SMILES string of the molecule is NS(=O)(=O)c1cccc(S(=O)(=O)N2Cc3ccccc3C[C@@H]2C(=O)N2CCCC2)c1. The number of rotatable bonds is 4. The summed E-state index contributed by atoms with van der Waals surface area (Å²) in [6.07, 6.45) is 2.08. The first-order chi connectivity index (χ1) is 14.2. The normalized spacial score (nSPS) is 20.2. The predicted molar refractivity (Wildman–Crippen MR) is 110 cm³/mol. The summed E-state index contributed by atoms with van der Waals surface area (Å²) < 4.78 is 51.7. The van der Waals surface area contributed by atoms with Gasteiger partial charge in [0.25, 0.3) is 0 Å². The van der Waals surface area contributed by atoms with Crippen LogP contribution < -0.4 is 5.14 Å². The summed E-state index contributed by atoms with van der Waals surface area (Å²) in [7, 11) is -8.21. The van der Waals surface area contributed by atoms with Crippen LogP contribution >= 0.6 is 0 Å². The zero-order valence-electron chi connectivity index (χ0n) is 16.3. The lowest BCUT2D eigenvalue weighted by Crippen LogP contribution is -2.53. The molecule has 2 aromatic rings. The van der Waals surface area contributed by atoms with Gasteiger partial charge in [0.2, 0.25) is 26.0 Å². The van der Waals surface area contributed by atoms with Gasteiger partial charge in [0, 0.05) is 19.6 Å². The van der Waals surface area contributed by atoms with E-state index < -0.39 is 26.1 Å². The van der Waals surface area contributed by atoms with Crippen LogP contribution in [0, 0.1) is 0 Å². The molecule has 0 aliphatic carbocycles. The summed E-state index contributed by atoms with van der Waals surface area (Å²) in [5.74, 6) is -0.215. The molecule has 0 saturated carbocycles. The Morgan fingerprint density at radius 2 is 1.53 bits per heavy atom. The molecule has 4 rings (SSSR count). The zero-order chi connectivity index (χ0) is 21.5. The molecule has 2 heterocycles. The van der Waals surface area contributed by atoms with Crippen molar-refractivity contribution >= 4 is 26.0 Å². The molecule has 2 aromatic carbocycles. The largest absolute Gasteiger partial charge is 0.341 e. The maximum absolute atomic E-state index is 13.5. The Kier molecular flexibility index (Phi) is 5.43. The van der Waals surface area contributed by atoms with Crippen molar-refractivity contribution in [3.8, 4) is 0 Å². The first kappa shape index (κ1) is 21.0. The molecule has 2 aliphatic heterocycles. The second-order valence-electron chi connectivity index (χ2n) is 7.59. The summed E-state index contributed by atoms with van der Waals surface area (Å²) in [6.45, 7) is 1.28. The molecule has 0 aromatic heterocycles. The fourth-order valence-electron chi connectivity index (χ4n) is 4.06. The molecule has 2 aliphatic rings. The van der Waals surface area contributed by atoms with Crippen LogP contribution in [-0.2, 0) is 37.8 Å². The fraction of sp³-hybridized carbons (Fsp3) is 0.350. The summed E-state index contributed by atoms with van der Waals surface area (Å²) >= 11 is 0. The first-order valence-electron chi connectivity index (χ1n) is 9.68. The van der Waals surface area contributed by atoms with Crippen molar-refractivity contribution in [2.45, 2.75) is 41.6 Å². The number of sulfonamides is 2. The van der Waals surface area contributed by atoms with Gasteiger partial charge < -0.3 is 4.90 Å². The maximum atomic E-state index is 13.5. The van der Waals surface area contributed by atoms with Crippen LogP contribution in [0.3, 0.4) is 0 Å². The molecule has 0 spiro atoms. The number of hydrogen-bond donors (Lipinski definition) is 1. The van der Waals surface area contributed by atoms with Gasteiger partial charge in [0.05, 0.1) is 9.79 Å². The van der Waals surface area contributed by atoms with Gasteiger partial charge in [0.1, 0.15) is 6.04 Å². The number of hydrogen-bond acceptors (Lipinski definition) is 5. The van der Waals surface area contributed by atoms with E-state index in [1.165, 1.54) is 22.5 Å². The summed E-state index contributed by atoms with van der Waals surface area (Å²) in [6, 6.07) is 11.5. The van der Waals surface area contributed by atoms with E-state index in [4.69, 9.17) is 5.14 Å². The molecule has 1 amide bonds. The maximum Gasteiger partial charge on any atom is 0.244 e. The van der Waals surface area contributed by atoms with Crippen LogP contribution in [-0.4, -0.2) is 51.1 Å². The van der Waals surface area contributed by atoms with Crippen LogP contribution in [0.4, 0.5) is 0 Å². The molecule has 2 N–H and O–H groups in total. The van der Waals surface area contributed by atoms with E-state index in [1.807, 2.05) is 24.3 Å². The number of carbonyl (C=O) groups excluding carboxylic acids is 1. The summed E-state index contributed by atoms with van der Waals surface area (Å²) in [5, 5.41) is 5.17. The number of amides is 1. The molecule has 8 nitrogen and oxygen atoms in total. The van der Waals surface area contributed by atoms with Gasteiger partial charge in [-0.05, 0) is 48.6 Å². The van der Waals surface area contributed by atoms with Gasteiger partial charge in [-0.1, -0.05) is 30.3 Å². The van der Waals surface area contributed by atoms with Gasteiger partial charge in [-0.2, -0.15) is 4.31 Å². The van der Waals surface area contributed by atoms with Gasteiger partial charge in [-0.25, -0.2) is 22.0 Å². The Labute approximate surface area is 176 Å². The topological polar surface area (TPSA) is 118 Å². The van der Waals surface area contributed by atoms with E-state index in [9.17, 15) is 21.6 Å². The average Bonchev–Trinajstić information content (AvgIpc) is 3.26. The van der Waals surface area contributed by atoms with Crippen molar-refractivity contribution in [2.24, 2.45) is 5.14 Å². The van der Waals surface area contributed by atoms with E-state index in [0.717, 1.165) is 30.0 Å². The van der Waals surface area contributed by atoms with Crippen molar-refractivity contribution < 1.29 is 21.6 Å². The number of likely N-dealkylation sites (tertiary alicyclic amines) is 1. The summed E-state index contributed by atoms with van der Waals surface area (Å²) in [4.78, 5) is 14.4. The van der Waals surface area contributed by atoms with Gasteiger partial charge >= 0.3 is 0 Å².